The third-order valence-electron chi connectivity index (χ3n) is 2.97. The lowest BCUT2D eigenvalue weighted by atomic mass is 9.89. The number of hydrogen-bond donors (Lipinski definition) is 2. The molecule has 18 heavy (non-hydrogen) atoms. The van der Waals surface area contributed by atoms with E-state index in [1.165, 1.54) is 0 Å². The Morgan fingerprint density at radius 3 is 2.61 bits per heavy atom. The highest BCUT2D eigenvalue weighted by Crippen LogP contribution is 2.28. The van der Waals surface area contributed by atoms with E-state index in [0.29, 0.717) is 18.6 Å². The van der Waals surface area contributed by atoms with Gasteiger partial charge in [-0.2, -0.15) is 0 Å². The van der Waals surface area contributed by atoms with Crippen molar-refractivity contribution in [1.29, 1.82) is 0 Å². The summed E-state index contributed by atoms with van der Waals surface area (Å²) in [5, 5.41) is 19.4. The average Bonchev–Trinajstić information content (AvgIpc) is 2.36. The monoisotopic (exact) mass is 252 g/mol. The van der Waals surface area contributed by atoms with Crippen molar-refractivity contribution >= 4 is 5.97 Å². The molecule has 0 saturated heterocycles. The lowest BCUT2D eigenvalue weighted by Crippen LogP contribution is -2.22. The first kappa shape index (κ1) is 14.7. The van der Waals surface area contributed by atoms with Crippen molar-refractivity contribution in [3.63, 3.8) is 0 Å². The van der Waals surface area contributed by atoms with Crippen molar-refractivity contribution in [2.24, 2.45) is 5.92 Å². The number of aliphatic carboxylic acids is 1. The smallest absolute Gasteiger partial charge is 0.309 e. The van der Waals surface area contributed by atoms with Crippen LogP contribution in [0, 0.1) is 5.92 Å². The van der Waals surface area contributed by atoms with E-state index in [-0.39, 0.29) is 0 Å². The van der Waals surface area contributed by atoms with E-state index in [4.69, 9.17) is 9.84 Å². The first-order valence-electron chi connectivity index (χ1n) is 6.09. The van der Waals surface area contributed by atoms with E-state index >= 15 is 0 Å². The molecule has 0 bridgehead atoms. The van der Waals surface area contributed by atoms with Gasteiger partial charge in [-0.3, -0.25) is 4.79 Å². The number of ether oxygens (including phenoxy) is 1. The van der Waals surface area contributed by atoms with E-state index < -0.39 is 18.0 Å². The zero-order valence-corrected chi connectivity index (χ0v) is 10.8. The molecule has 0 heterocycles. The van der Waals surface area contributed by atoms with Gasteiger partial charge in [0.1, 0.15) is 0 Å². The van der Waals surface area contributed by atoms with E-state index in [9.17, 15) is 9.90 Å². The third-order valence-corrected chi connectivity index (χ3v) is 2.97. The number of aliphatic hydroxyl groups excluding tert-OH is 1. The number of rotatable bonds is 7. The summed E-state index contributed by atoms with van der Waals surface area (Å²) in [6.07, 6.45) is 0.187. The summed E-state index contributed by atoms with van der Waals surface area (Å²) >= 11 is 0. The number of benzene rings is 1. The molecule has 0 saturated carbocycles. The van der Waals surface area contributed by atoms with E-state index in [0.717, 1.165) is 12.0 Å². The number of hydrogen-bond acceptors (Lipinski definition) is 3. The molecule has 0 amide bonds. The quantitative estimate of drug-likeness (QED) is 0.781. The lowest BCUT2D eigenvalue weighted by molar-refractivity contribution is -0.146. The third kappa shape index (κ3) is 3.55. The van der Waals surface area contributed by atoms with Crippen molar-refractivity contribution in [3.05, 3.63) is 35.4 Å². The van der Waals surface area contributed by atoms with Gasteiger partial charge in [0.25, 0.3) is 0 Å². The van der Waals surface area contributed by atoms with Gasteiger partial charge in [0.15, 0.2) is 0 Å². The lowest BCUT2D eigenvalue weighted by Gasteiger charge is -2.21. The predicted molar refractivity (Wildman–Crippen MR) is 68.1 cm³/mol. The van der Waals surface area contributed by atoms with Gasteiger partial charge in [0.05, 0.1) is 18.6 Å². The van der Waals surface area contributed by atoms with Crippen LogP contribution in [0.5, 0.6) is 0 Å². The Labute approximate surface area is 107 Å². The topological polar surface area (TPSA) is 66.8 Å². The van der Waals surface area contributed by atoms with Gasteiger partial charge in [0.2, 0.25) is 0 Å². The van der Waals surface area contributed by atoms with Crippen LogP contribution in [0.1, 0.15) is 37.0 Å². The standard InChI is InChI=1S/C14H20O4/c1-3-6-12(14(16)17)13(15)11-8-5-4-7-10(11)9-18-2/h4-5,7-8,12-13,15H,3,6,9H2,1-2H3,(H,16,17). The maximum absolute atomic E-state index is 11.2. The molecular weight excluding hydrogens is 232 g/mol. The van der Waals surface area contributed by atoms with Gasteiger partial charge in [-0.05, 0) is 17.5 Å². The minimum absolute atomic E-state index is 0.367. The van der Waals surface area contributed by atoms with Crippen LogP contribution in [-0.4, -0.2) is 23.3 Å². The molecule has 0 spiro atoms. The molecule has 2 atom stereocenters. The molecule has 2 N–H and O–H groups in total. The fourth-order valence-corrected chi connectivity index (χ4v) is 2.05. The highest BCUT2D eigenvalue weighted by molar-refractivity contribution is 5.71. The number of carboxylic acid groups (broad SMARTS) is 1. The molecule has 0 aromatic heterocycles. The van der Waals surface area contributed by atoms with Crippen LogP contribution in [0.3, 0.4) is 0 Å². The van der Waals surface area contributed by atoms with E-state index in [1.54, 1.807) is 19.2 Å². The van der Waals surface area contributed by atoms with Gasteiger partial charge in [-0.15, -0.1) is 0 Å². The minimum atomic E-state index is -0.992. The summed E-state index contributed by atoms with van der Waals surface area (Å²) in [5.41, 5.74) is 1.47. The highest BCUT2D eigenvalue weighted by atomic mass is 16.5. The SMILES string of the molecule is CCCC(C(=O)O)C(O)c1ccccc1COC. The van der Waals surface area contributed by atoms with Gasteiger partial charge in [0, 0.05) is 7.11 Å². The summed E-state index contributed by atoms with van der Waals surface area (Å²) in [5.74, 6) is -1.73. The van der Waals surface area contributed by atoms with Crippen LogP contribution in [0.25, 0.3) is 0 Å². The average molecular weight is 252 g/mol. The van der Waals surface area contributed by atoms with Gasteiger partial charge in [-0.25, -0.2) is 0 Å². The number of carboxylic acids is 1. The molecule has 0 aliphatic carbocycles. The molecular formula is C14H20O4. The number of aliphatic hydroxyl groups is 1. The fourth-order valence-electron chi connectivity index (χ4n) is 2.05. The second-order valence-corrected chi connectivity index (χ2v) is 4.31. The van der Waals surface area contributed by atoms with Crippen molar-refractivity contribution in [3.8, 4) is 0 Å². The van der Waals surface area contributed by atoms with Crippen LogP contribution in [0.2, 0.25) is 0 Å². The molecule has 0 fully saturated rings. The summed E-state index contributed by atoms with van der Waals surface area (Å²) in [6.45, 7) is 2.27. The largest absolute Gasteiger partial charge is 0.481 e. The highest BCUT2D eigenvalue weighted by Gasteiger charge is 2.28. The molecule has 2 unspecified atom stereocenters. The van der Waals surface area contributed by atoms with Crippen molar-refractivity contribution < 1.29 is 19.7 Å². The van der Waals surface area contributed by atoms with Crippen LogP contribution < -0.4 is 0 Å². The summed E-state index contributed by atoms with van der Waals surface area (Å²) in [6, 6.07) is 7.24. The number of carbonyl (C=O) groups is 1. The Morgan fingerprint density at radius 1 is 1.39 bits per heavy atom. The van der Waals surface area contributed by atoms with Gasteiger partial charge >= 0.3 is 5.97 Å². The molecule has 0 aliphatic rings. The minimum Gasteiger partial charge on any atom is -0.481 e. The molecule has 1 aromatic carbocycles. The summed E-state index contributed by atoms with van der Waals surface area (Å²) in [4.78, 5) is 11.2. The Bertz CT molecular complexity index is 389. The molecule has 4 nitrogen and oxygen atoms in total. The second kappa shape index (κ2) is 7.13. The first-order valence-corrected chi connectivity index (χ1v) is 6.09. The molecule has 1 aromatic rings. The van der Waals surface area contributed by atoms with E-state index in [1.807, 2.05) is 19.1 Å². The fraction of sp³-hybridized carbons (Fsp3) is 0.500. The molecule has 0 aliphatic heterocycles. The molecule has 4 heteroatoms. The van der Waals surface area contributed by atoms with Crippen LogP contribution >= 0.6 is 0 Å². The second-order valence-electron chi connectivity index (χ2n) is 4.31. The Morgan fingerprint density at radius 2 is 2.06 bits per heavy atom. The van der Waals surface area contributed by atoms with Crippen molar-refractivity contribution in [1.82, 2.24) is 0 Å². The van der Waals surface area contributed by atoms with Crippen LogP contribution in [-0.2, 0) is 16.1 Å². The van der Waals surface area contributed by atoms with E-state index in [2.05, 4.69) is 0 Å². The van der Waals surface area contributed by atoms with Crippen LogP contribution in [0.4, 0.5) is 0 Å². The number of methoxy groups -OCH3 is 1. The maximum atomic E-state index is 11.2. The van der Waals surface area contributed by atoms with Gasteiger partial charge < -0.3 is 14.9 Å². The Kier molecular flexibility index (Phi) is 5.82. The van der Waals surface area contributed by atoms with Gasteiger partial charge in [-0.1, -0.05) is 37.6 Å². The zero-order valence-electron chi connectivity index (χ0n) is 10.8. The summed E-state index contributed by atoms with van der Waals surface area (Å²) in [7, 11) is 1.57. The molecule has 100 valence electrons. The first-order chi connectivity index (χ1) is 8.61. The van der Waals surface area contributed by atoms with Crippen LogP contribution in [0.15, 0.2) is 24.3 Å². The molecule has 0 radical (unpaired) electrons. The summed E-state index contributed by atoms with van der Waals surface area (Å²) < 4.78 is 5.06. The van der Waals surface area contributed by atoms with Crippen molar-refractivity contribution in [2.75, 3.05) is 7.11 Å². The predicted octanol–water partition coefficient (Wildman–Crippen LogP) is 2.37. The normalized spacial score (nSPS) is 14.2. The van der Waals surface area contributed by atoms with Crippen molar-refractivity contribution in [2.45, 2.75) is 32.5 Å². The molecule has 1 rings (SSSR count). The Hall–Kier alpha value is -1.39. The zero-order chi connectivity index (χ0) is 13.5. The Balaban J connectivity index is 2.99. The maximum Gasteiger partial charge on any atom is 0.309 e.